The van der Waals surface area contributed by atoms with E-state index in [-0.39, 0.29) is 12.1 Å². The van der Waals surface area contributed by atoms with E-state index in [1.165, 1.54) is 0 Å². The van der Waals surface area contributed by atoms with Crippen molar-refractivity contribution in [3.05, 3.63) is 0 Å². The summed E-state index contributed by atoms with van der Waals surface area (Å²) in [4.78, 5) is 4.36. The number of hydroxylamine groups is 1. The Kier molecular flexibility index (Phi) is 4.15. The van der Waals surface area contributed by atoms with Crippen molar-refractivity contribution in [1.29, 1.82) is 0 Å². The van der Waals surface area contributed by atoms with E-state index in [4.69, 9.17) is 5.73 Å². The molecule has 0 unspecified atom stereocenters. The van der Waals surface area contributed by atoms with Gasteiger partial charge in [-0.05, 0) is 25.7 Å². The van der Waals surface area contributed by atoms with Crippen molar-refractivity contribution in [2.45, 2.75) is 43.9 Å². The van der Waals surface area contributed by atoms with Gasteiger partial charge in [-0.1, -0.05) is 0 Å². The molecular weight excluding hydrogens is 197 g/mol. The molecule has 3 N–H and O–H groups in total. The van der Waals surface area contributed by atoms with Gasteiger partial charge in [0.05, 0.1) is 0 Å². The molecule has 0 aliphatic heterocycles. The summed E-state index contributed by atoms with van der Waals surface area (Å²) >= 11 is 0. The number of hydrogen-bond donors (Lipinski definition) is 2. The second-order valence-corrected chi connectivity index (χ2v) is 3.63. The van der Waals surface area contributed by atoms with Gasteiger partial charge in [0.2, 0.25) is 0 Å². The van der Waals surface area contributed by atoms with Crippen LogP contribution in [0.5, 0.6) is 0 Å². The zero-order valence-corrected chi connectivity index (χ0v) is 7.81. The molecule has 1 aliphatic carbocycles. The first kappa shape index (κ1) is 11.7. The first-order valence-corrected chi connectivity index (χ1v) is 4.67. The van der Waals surface area contributed by atoms with Crippen LogP contribution in [0.1, 0.15) is 25.7 Å². The summed E-state index contributed by atoms with van der Waals surface area (Å²) in [5, 5.41) is 0. The molecule has 0 aromatic rings. The molecule has 0 amide bonds. The maximum Gasteiger partial charge on any atom is 0.413 e. The first-order chi connectivity index (χ1) is 6.47. The lowest BCUT2D eigenvalue weighted by atomic mass is 9.92. The van der Waals surface area contributed by atoms with Crippen molar-refractivity contribution in [3.63, 3.8) is 0 Å². The van der Waals surface area contributed by atoms with Crippen LogP contribution in [0, 0.1) is 0 Å². The smallest absolute Gasteiger partial charge is 0.328 e. The standard InChI is InChI=1S/C8H15F3N2O/c9-8(10,11)5-14-13-7-3-1-6(12)2-4-7/h6-7,13H,1-5,12H2. The summed E-state index contributed by atoms with van der Waals surface area (Å²) in [6, 6.07) is 0.202. The summed E-state index contributed by atoms with van der Waals surface area (Å²) in [6.07, 6.45) is -1.03. The molecule has 3 nitrogen and oxygen atoms in total. The molecule has 1 aliphatic rings. The van der Waals surface area contributed by atoms with Gasteiger partial charge in [0, 0.05) is 12.1 Å². The average molecular weight is 212 g/mol. The predicted octanol–water partition coefficient (Wildman–Crippen LogP) is 1.34. The third-order valence-corrected chi connectivity index (χ3v) is 2.26. The van der Waals surface area contributed by atoms with Crippen molar-refractivity contribution in [1.82, 2.24) is 5.48 Å². The largest absolute Gasteiger partial charge is 0.413 e. The Morgan fingerprint density at radius 2 is 1.79 bits per heavy atom. The summed E-state index contributed by atoms with van der Waals surface area (Å²) in [7, 11) is 0. The van der Waals surface area contributed by atoms with Gasteiger partial charge in [0.1, 0.15) is 0 Å². The van der Waals surface area contributed by atoms with E-state index in [1.807, 2.05) is 0 Å². The highest BCUT2D eigenvalue weighted by molar-refractivity contribution is 4.76. The second-order valence-electron chi connectivity index (χ2n) is 3.63. The van der Waals surface area contributed by atoms with Gasteiger partial charge in [0.15, 0.2) is 6.61 Å². The van der Waals surface area contributed by atoms with E-state index in [1.54, 1.807) is 0 Å². The molecule has 0 bridgehead atoms. The zero-order valence-electron chi connectivity index (χ0n) is 7.81. The van der Waals surface area contributed by atoms with E-state index in [2.05, 4.69) is 10.3 Å². The molecule has 1 fully saturated rings. The molecule has 0 radical (unpaired) electrons. The molecule has 0 aromatic carbocycles. The molecular formula is C8H15F3N2O. The SMILES string of the molecule is NC1CCC(NOCC(F)(F)F)CC1. The first-order valence-electron chi connectivity index (χ1n) is 4.67. The number of nitrogens with two attached hydrogens (primary N) is 1. The number of halogens is 3. The van der Waals surface area contributed by atoms with E-state index < -0.39 is 12.8 Å². The highest BCUT2D eigenvalue weighted by Crippen LogP contribution is 2.18. The van der Waals surface area contributed by atoms with Gasteiger partial charge in [-0.15, -0.1) is 0 Å². The zero-order chi connectivity index (χ0) is 10.6. The van der Waals surface area contributed by atoms with Gasteiger partial charge in [-0.3, -0.25) is 4.84 Å². The lowest BCUT2D eigenvalue weighted by molar-refractivity contribution is -0.193. The molecule has 14 heavy (non-hydrogen) atoms. The minimum Gasteiger partial charge on any atom is -0.328 e. The normalized spacial score (nSPS) is 29.1. The molecule has 0 aromatic heterocycles. The maximum atomic E-state index is 11.7. The highest BCUT2D eigenvalue weighted by atomic mass is 19.4. The number of hydrogen-bond acceptors (Lipinski definition) is 3. The summed E-state index contributed by atoms with van der Waals surface area (Å²) in [5.41, 5.74) is 8.07. The third kappa shape index (κ3) is 4.78. The fraction of sp³-hybridized carbons (Fsp3) is 1.00. The van der Waals surface area contributed by atoms with E-state index in [0.717, 1.165) is 25.7 Å². The molecule has 0 saturated heterocycles. The lowest BCUT2D eigenvalue weighted by Gasteiger charge is -2.26. The van der Waals surface area contributed by atoms with Crippen molar-refractivity contribution in [3.8, 4) is 0 Å². The van der Waals surface area contributed by atoms with Crippen LogP contribution >= 0.6 is 0 Å². The van der Waals surface area contributed by atoms with Crippen LogP contribution in [0.3, 0.4) is 0 Å². The maximum absolute atomic E-state index is 11.7. The Morgan fingerprint density at radius 1 is 1.21 bits per heavy atom. The van der Waals surface area contributed by atoms with Crippen LogP contribution in [0.25, 0.3) is 0 Å². The van der Waals surface area contributed by atoms with Crippen LogP contribution in [-0.2, 0) is 4.84 Å². The Hall–Kier alpha value is -0.330. The fourth-order valence-electron chi connectivity index (χ4n) is 1.48. The van der Waals surface area contributed by atoms with Crippen LogP contribution < -0.4 is 11.2 Å². The van der Waals surface area contributed by atoms with E-state index in [9.17, 15) is 13.2 Å². The second kappa shape index (κ2) is 4.95. The quantitative estimate of drug-likeness (QED) is 0.694. The van der Waals surface area contributed by atoms with E-state index >= 15 is 0 Å². The Balaban J connectivity index is 2.08. The van der Waals surface area contributed by atoms with Crippen LogP contribution in [0.15, 0.2) is 0 Å². The van der Waals surface area contributed by atoms with Crippen molar-refractivity contribution in [2.24, 2.45) is 5.73 Å². The molecule has 6 heteroatoms. The molecule has 0 atom stereocenters. The summed E-state index contributed by atoms with van der Waals surface area (Å²) < 4.78 is 35.1. The average Bonchev–Trinajstić information content (AvgIpc) is 2.06. The highest BCUT2D eigenvalue weighted by Gasteiger charge is 2.28. The molecule has 84 valence electrons. The van der Waals surface area contributed by atoms with Crippen molar-refractivity contribution < 1.29 is 18.0 Å². The third-order valence-electron chi connectivity index (χ3n) is 2.26. The van der Waals surface area contributed by atoms with Crippen molar-refractivity contribution in [2.75, 3.05) is 6.61 Å². The summed E-state index contributed by atoms with van der Waals surface area (Å²) in [5.74, 6) is 0. The lowest BCUT2D eigenvalue weighted by Crippen LogP contribution is -2.38. The molecule has 0 heterocycles. The van der Waals surface area contributed by atoms with E-state index in [0.29, 0.717) is 0 Å². The minimum absolute atomic E-state index is 0.0112. The van der Waals surface area contributed by atoms with Gasteiger partial charge in [0.25, 0.3) is 0 Å². The van der Waals surface area contributed by atoms with Crippen molar-refractivity contribution >= 4 is 0 Å². The van der Waals surface area contributed by atoms with Gasteiger partial charge in [-0.25, -0.2) is 0 Å². The Labute approximate surface area is 80.7 Å². The Bertz CT molecular complexity index is 166. The molecule has 0 spiro atoms. The van der Waals surface area contributed by atoms with Crippen LogP contribution in [0.4, 0.5) is 13.2 Å². The number of nitrogens with one attached hydrogen (secondary N) is 1. The predicted molar refractivity (Wildman–Crippen MR) is 45.4 cm³/mol. The molecule has 1 rings (SSSR count). The summed E-state index contributed by atoms with van der Waals surface area (Å²) in [6.45, 7) is -1.24. The van der Waals surface area contributed by atoms with Crippen LogP contribution in [0.2, 0.25) is 0 Å². The fourth-order valence-corrected chi connectivity index (χ4v) is 1.48. The molecule has 1 saturated carbocycles. The number of alkyl halides is 3. The van der Waals surface area contributed by atoms with Crippen LogP contribution in [-0.4, -0.2) is 24.9 Å². The number of rotatable bonds is 3. The van der Waals surface area contributed by atoms with Gasteiger partial charge in [-0.2, -0.15) is 18.7 Å². The Morgan fingerprint density at radius 3 is 2.29 bits per heavy atom. The monoisotopic (exact) mass is 212 g/mol. The van der Waals surface area contributed by atoms with Gasteiger partial charge < -0.3 is 5.73 Å². The topological polar surface area (TPSA) is 47.3 Å². The minimum atomic E-state index is -4.27. The van der Waals surface area contributed by atoms with Gasteiger partial charge >= 0.3 is 6.18 Å².